The van der Waals surface area contributed by atoms with Crippen LogP contribution in [0.1, 0.15) is 47.3 Å². The van der Waals surface area contributed by atoms with Gasteiger partial charge in [0, 0.05) is 38.3 Å². The third-order valence-electron chi connectivity index (χ3n) is 5.28. The van der Waals surface area contributed by atoms with Crippen LogP contribution in [0.3, 0.4) is 0 Å². The fourth-order valence-electron chi connectivity index (χ4n) is 3.49. The molecule has 30 heavy (non-hydrogen) atoms. The number of nitrogens with zero attached hydrogens (tertiary/aromatic N) is 7. The van der Waals surface area contributed by atoms with E-state index in [2.05, 4.69) is 40.4 Å². The number of amides is 1. The topological polar surface area (TPSA) is 113 Å². The Balaban J connectivity index is 1.16. The molecule has 1 aliphatic heterocycles. The van der Waals surface area contributed by atoms with Gasteiger partial charge in [0.15, 0.2) is 5.82 Å². The number of nitrogens with one attached hydrogen (secondary N) is 1. The van der Waals surface area contributed by atoms with Gasteiger partial charge >= 0.3 is 0 Å². The molecule has 0 unspecified atom stereocenters. The average Bonchev–Trinajstić information content (AvgIpc) is 3.38. The fraction of sp³-hybridized carbons (Fsp3) is 0.474. The normalized spacial score (nSPS) is 17.7. The molecule has 1 amide bonds. The smallest absolute Gasteiger partial charge is 0.259 e. The van der Waals surface area contributed by atoms with Crippen molar-refractivity contribution in [1.29, 1.82) is 0 Å². The largest absolute Gasteiger partial charge is 0.355 e. The second kappa shape index (κ2) is 8.44. The molecule has 2 fully saturated rings. The van der Waals surface area contributed by atoms with Gasteiger partial charge in [-0.05, 0) is 31.4 Å². The van der Waals surface area contributed by atoms with Crippen molar-refractivity contribution in [3.05, 3.63) is 41.1 Å². The Labute approximate surface area is 177 Å². The zero-order valence-electron chi connectivity index (χ0n) is 16.4. The quantitative estimate of drug-likeness (QED) is 0.633. The number of hydrogen-bond acceptors (Lipinski definition) is 10. The molecule has 11 heteroatoms. The first-order chi connectivity index (χ1) is 14.7. The second-order valence-corrected chi connectivity index (χ2v) is 8.38. The number of pyridine rings is 1. The van der Waals surface area contributed by atoms with Gasteiger partial charge in [-0.3, -0.25) is 15.0 Å². The van der Waals surface area contributed by atoms with Gasteiger partial charge in [0.2, 0.25) is 11.0 Å². The van der Waals surface area contributed by atoms with Crippen molar-refractivity contribution in [3.8, 4) is 0 Å². The van der Waals surface area contributed by atoms with Gasteiger partial charge in [-0.15, -0.1) is 10.2 Å². The molecule has 3 aromatic rings. The molecule has 1 N–H and O–H groups in total. The van der Waals surface area contributed by atoms with Crippen LogP contribution in [0.4, 0.5) is 10.9 Å². The molecule has 0 radical (unpaired) electrons. The Bertz CT molecular complexity index is 986. The van der Waals surface area contributed by atoms with Crippen molar-refractivity contribution in [2.75, 3.05) is 36.4 Å². The maximum absolute atomic E-state index is 12.3. The predicted molar refractivity (Wildman–Crippen MR) is 110 cm³/mol. The van der Waals surface area contributed by atoms with E-state index in [4.69, 9.17) is 4.52 Å². The predicted octanol–water partition coefficient (Wildman–Crippen LogP) is 2.16. The maximum atomic E-state index is 12.3. The van der Waals surface area contributed by atoms with Gasteiger partial charge in [-0.1, -0.05) is 16.5 Å². The third-order valence-corrected chi connectivity index (χ3v) is 5.89. The van der Waals surface area contributed by atoms with E-state index >= 15 is 0 Å². The maximum Gasteiger partial charge on any atom is 0.259 e. The second-order valence-electron chi connectivity index (χ2n) is 7.54. The molecule has 0 spiro atoms. The lowest BCUT2D eigenvalue weighted by Gasteiger charge is -2.22. The van der Waals surface area contributed by atoms with Crippen LogP contribution in [0.5, 0.6) is 0 Å². The molecule has 2 aliphatic rings. The van der Waals surface area contributed by atoms with Crippen LogP contribution in [-0.2, 0) is 6.54 Å². The highest BCUT2D eigenvalue weighted by Gasteiger charge is 2.30. The Kier molecular flexibility index (Phi) is 5.37. The summed E-state index contributed by atoms with van der Waals surface area (Å²) in [5, 5.41) is 14.9. The van der Waals surface area contributed by atoms with E-state index in [0.717, 1.165) is 63.0 Å². The van der Waals surface area contributed by atoms with Crippen molar-refractivity contribution in [2.45, 2.75) is 31.7 Å². The van der Waals surface area contributed by atoms with Crippen LogP contribution in [0.25, 0.3) is 0 Å². The van der Waals surface area contributed by atoms with E-state index in [1.54, 1.807) is 17.8 Å². The van der Waals surface area contributed by atoms with E-state index < -0.39 is 0 Å². The first-order valence-corrected chi connectivity index (χ1v) is 11.0. The van der Waals surface area contributed by atoms with Crippen molar-refractivity contribution in [1.82, 2.24) is 30.2 Å². The number of carbonyl (C=O) groups is 1. The summed E-state index contributed by atoms with van der Waals surface area (Å²) in [6, 6.07) is 3.69. The summed E-state index contributed by atoms with van der Waals surface area (Å²) in [5.74, 6) is 2.69. The SMILES string of the molecule is O=C(Nc1nncs1)c1ccc(N2CCCN(Cc3noc(C4CC4)n3)CC2)nc1. The lowest BCUT2D eigenvalue weighted by Crippen LogP contribution is -2.31. The minimum atomic E-state index is -0.237. The van der Waals surface area contributed by atoms with Gasteiger partial charge in [0.1, 0.15) is 11.3 Å². The van der Waals surface area contributed by atoms with Gasteiger partial charge in [-0.2, -0.15) is 4.98 Å². The van der Waals surface area contributed by atoms with Crippen LogP contribution in [0, 0.1) is 0 Å². The highest BCUT2D eigenvalue weighted by Crippen LogP contribution is 2.38. The van der Waals surface area contributed by atoms with Gasteiger partial charge in [0.05, 0.1) is 12.1 Å². The highest BCUT2D eigenvalue weighted by atomic mass is 32.1. The monoisotopic (exact) mass is 426 g/mol. The molecule has 0 atom stereocenters. The van der Waals surface area contributed by atoms with E-state index in [1.165, 1.54) is 11.3 Å². The molecule has 3 aromatic heterocycles. The van der Waals surface area contributed by atoms with E-state index in [-0.39, 0.29) is 5.91 Å². The summed E-state index contributed by atoms with van der Waals surface area (Å²) < 4.78 is 5.37. The van der Waals surface area contributed by atoms with Gasteiger partial charge in [-0.25, -0.2) is 4.98 Å². The van der Waals surface area contributed by atoms with Crippen LogP contribution in [-0.4, -0.2) is 62.3 Å². The molecule has 0 aromatic carbocycles. The molecule has 1 aliphatic carbocycles. The lowest BCUT2D eigenvalue weighted by atomic mass is 10.2. The average molecular weight is 427 g/mol. The summed E-state index contributed by atoms with van der Waals surface area (Å²) in [7, 11) is 0. The molecular formula is C19H22N8O2S. The van der Waals surface area contributed by atoms with Crippen molar-refractivity contribution < 1.29 is 9.32 Å². The lowest BCUT2D eigenvalue weighted by molar-refractivity contribution is 0.102. The molecule has 1 saturated heterocycles. The summed E-state index contributed by atoms with van der Waals surface area (Å²) >= 11 is 1.28. The highest BCUT2D eigenvalue weighted by molar-refractivity contribution is 7.13. The summed E-state index contributed by atoms with van der Waals surface area (Å²) in [5.41, 5.74) is 2.07. The molecule has 156 valence electrons. The first-order valence-electron chi connectivity index (χ1n) is 10.1. The minimum absolute atomic E-state index is 0.237. The molecular weight excluding hydrogens is 404 g/mol. The summed E-state index contributed by atoms with van der Waals surface area (Å²) in [4.78, 5) is 25.9. The Hall–Kier alpha value is -2.92. The van der Waals surface area contributed by atoms with E-state index in [9.17, 15) is 4.79 Å². The van der Waals surface area contributed by atoms with Crippen LogP contribution >= 0.6 is 11.3 Å². The van der Waals surface area contributed by atoms with E-state index in [0.29, 0.717) is 23.2 Å². The minimum Gasteiger partial charge on any atom is -0.355 e. The Morgan fingerprint density at radius 2 is 2.17 bits per heavy atom. The number of aromatic nitrogens is 5. The van der Waals surface area contributed by atoms with Gasteiger partial charge < -0.3 is 9.42 Å². The molecule has 4 heterocycles. The first kappa shape index (κ1) is 19.1. The molecule has 1 saturated carbocycles. The molecule has 5 rings (SSSR count). The van der Waals surface area contributed by atoms with E-state index in [1.807, 2.05) is 6.07 Å². The number of carbonyl (C=O) groups excluding carboxylic acids is 1. The van der Waals surface area contributed by atoms with Crippen molar-refractivity contribution >= 4 is 28.2 Å². The number of anilines is 2. The summed E-state index contributed by atoms with van der Waals surface area (Å²) in [6.45, 7) is 4.36. The summed E-state index contributed by atoms with van der Waals surface area (Å²) in [6.07, 6.45) is 4.95. The standard InChI is InChI=1S/C19H22N8O2S/c28-17(23-19-24-21-12-30-19)14-4-5-16(20-10-14)27-7-1-6-26(8-9-27)11-15-22-18(29-25-15)13-2-3-13/h4-5,10,12-13H,1-3,6-9,11H2,(H,23,24,28). The fourth-order valence-corrected chi connectivity index (χ4v) is 3.93. The Morgan fingerprint density at radius 3 is 2.93 bits per heavy atom. The van der Waals surface area contributed by atoms with Crippen molar-refractivity contribution in [3.63, 3.8) is 0 Å². The molecule has 0 bridgehead atoms. The van der Waals surface area contributed by atoms with Crippen LogP contribution in [0.15, 0.2) is 28.4 Å². The molecule has 10 nitrogen and oxygen atoms in total. The zero-order valence-corrected chi connectivity index (χ0v) is 17.2. The zero-order chi connectivity index (χ0) is 20.3. The number of rotatable bonds is 6. The third kappa shape index (κ3) is 4.46. The van der Waals surface area contributed by atoms with Crippen LogP contribution < -0.4 is 10.2 Å². The van der Waals surface area contributed by atoms with Gasteiger partial charge in [0.25, 0.3) is 5.91 Å². The van der Waals surface area contributed by atoms with Crippen molar-refractivity contribution in [2.24, 2.45) is 0 Å². The Morgan fingerprint density at radius 1 is 1.23 bits per heavy atom. The van der Waals surface area contributed by atoms with Crippen LogP contribution in [0.2, 0.25) is 0 Å². The number of hydrogen-bond donors (Lipinski definition) is 1.